The van der Waals surface area contributed by atoms with E-state index in [1.807, 2.05) is 0 Å². The number of carbonyl (C=O) groups is 3. The Hall–Kier alpha value is -6.98. The van der Waals surface area contributed by atoms with Gasteiger partial charge < -0.3 is 55.6 Å². The minimum absolute atomic E-state index is 0.0911. The first-order valence-corrected chi connectivity index (χ1v) is 24.7. The van der Waals surface area contributed by atoms with Gasteiger partial charge in [0.15, 0.2) is 18.3 Å². The molecule has 5 aromatic carbocycles. The molecule has 5 aromatic rings. The maximum Gasteiger partial charge on any atom is 0.587 e. The van der Waals surface area contributed by atoms with Gasteiger partial charge in [0.05, 0.1) is 0 Å². The van der Waals surface area contributed by atoms with E-state index < -0.39 is 73.5 Å². The van der Waals surface area contributed by atoms with Gasteiger partial charge in [-0.2, -0.15) is 0 Å². The van der Waals surface area contributed by atoms with E-state index in [0.29, 0.717) is 11.1 Å². The van der Waals surface area contributed by atoms with Crippen LogP contribution in [0.4, 0.5) is 14.4 Å². The molecule has 3 saturated heterocycles. The predicted molar refractivity (Wildman–Crippen MR) is 234 cm³/mol. The molecule has 0 bridgehead atoms. The van der Waals surface area contributed by atoms with Crippen molar-refractivity contribution in [2.45, 2.75) is 18.3 Å². The zero-order valence-corrected chi connectivity index (χ0v) is 37.9. The first-order chi connectivity index (χ1) is 32.8. The molecule has 3 heterocycles. The molecule has 0 aromatic heterocycles. The first-order valence-electron chi connectivity index (χ1n) is 20.3. The molecule has 6 unspecified atom stereocenters. The number of cyclic esters (lactones) is 6. The van der Waals surface area contributed by atoms with Crippen molar-refractivity contribution in [1.29, 1.82) is 0 Å². The van der Waals surface area contributed by atoms with E-state index in [1.165, 1.54) is 54.6 Å². The maximum absolute atomic E-state index is 14.4. The topological polar surface area (TPSA) is 241 Å². The molecule has 0 aliphatic carbocycles. The fourth-order valence-corrected chi connectivity index (χ4v) is 9.65. The van der Waals surface area contributed by atoms with Gasteiger partial charge in [0, 0.05) is 6.07 Å². The normalized spacial score (nSPS) is 20.2. The van der Waals surface area contributed by atoms with Gasteiger partial charge in [0.2, 0.25) is 0 Å². The number of benzene rings is 5. The van der Waals surface area contributed by atoms with Crippen LogP contribution in [0.2, 0.25) is 0 Å². The van der Waals surface area contributed by atoms with Gasteiger partial charge in [-0.1, -0.05) is 78.9 Å². The fraction of sp³-hybridized carbons (Fsp3) is 0.205. The number of ether oxygens (including phenoxy) is 6. The minimum atomic E-state index is -4.66. The average Bonchev–Trinajstić information content (AvgIpc) is 4.08. The fourth-order valence-electron chi connectivity index (χ4n) is 5.93. The van der Waals surface area contributed by atoms with E-state index in [2.05, 4.69) is 0 Å². The van der Waals surface area contributed by atoms with E-state index >= 15 is 0 Å². The molecule has 0 N–H and O–H groups in total. The minimum Gasteiger partial charge on any atom is -0.430 e. The smallest absolute Gasteiger partial charge is 0.430 e. The van der Waals surface area contributed by atoms with Crippen LogP contribution < -0.4 is 27.1 Å². The van der Waals surface area contributed by atoms with Crippen LogP contribution in [0.5, 0.6) is 34.5 Å². The van der Waals surface area contributed by atoms with Crippen molar-refractivity contribution in [2.75, 3.05) is 39.6 Å². The van der Waals surface area contributed by atoms with E-state index in [4.69, 9.17) is 69.1 Å². The monoisotopic (exact) mass is 996 g/mol. The van der Waals surface area contributed by atoms with Gasteiger partial charge in [-0.05, 0) is 71.8 Å². The Morgan fingerprint density at radius 2 is 0.706 bits per heavy atom. The van der Waals surface area contributed by atoms with E-state index in [9.17, 15) is 28.1 Å². The van der Waals surface area contributed by atoms with Crippen molar-refractivity contribution >= 4 is 54.1 Å². The summed E-state index contributed by atoms with van der Waals surface area (Å²) in [4.78, 5) is 34.6. The summed E-state index contributed by atoms with van der Waals surface area (Å²) < 4.78 is 124. The van der Waals surface area contributed by atoms with E-state index in [-0.39, 0.29) is 60.9 Å². The zero-order valence-electron chi connectivity index (χ0n) is 35.2. The van der Waals surface area contributed by atoms with Crippen molar-refractivity contribution in [3.63, 3.8) is 0 Å². The SMILES string of the molecule is O=C1OCC(COP(=O)(Oc2ccccc2)Oc2ccc(/C=C/c3cc(OP(=O)(OCC4COC(=O)O4)Oc4ccccc4)cc(OP(=O)(OCC4COC(=O)O4)Oc4ccccc4)c3)cc2)O1. The lowest BCUT2D eigenvalue weighted by Crippen LogP contribution is -2.19. The Bertz CT molecular complexity index is 2600. The highest BCUT2D eigenvalue weighted by Gasteiger charge is 2.39. The molecule has 356 valence electrons. The number of hydrogen-bond acceptors (Lipinski definition) is 21. The van der Waals surface area contributed by atoms with Crippen LogP contribution in [0.3, 0.4) is 0 Å². The largest absolute Gasteiger partial charge is 0.587 e. The number of hydrogen-bond donors (Lipinski definition) is 0. The highest BCUT2D eigenvalue weighted by Crippen LogP contribution is 2.54. The second-order valence-electron chi connectivity index (χ2n) is 14.3. The Balaban J connectivity index is 1.06. The quantitative estimate of drug-likeness (QED) is 0.0256. The predicted octanol–water partition coefficient (Wildman–Crippen LogP) is 10.2. The molecule has 68 heavy (non-hydrogen) atoms. The van der Waals surface area contributed by atoms with Crippen LogP contribution in [0.1, 0.15) is 11.1 Å². The Kier molecular flexibility index (Phi) is 15.2. The van der Waals surface area contributed by atoms with Crippen molar-refractivity contribution < 1.29 is 97.2 Å². The van der Waals surface area contributed by atoms with Gasteiger partial charge in [0.25, 0.3) is 0 Å². The van der Waals surface area contributed by atoms with E-state index in [0.717, 1.165) is 0 Å². The molecule has 3 aliphatic heterocycles. The summed E-state index contributed by atoms with van der Waals surface area (Å²) in [6.07, 6.45) is -2.22. The molecule has 21 nitrogen and oxygen atoms in total. The molecule has 3 fully saturated rings. The van der Waals surface area contributed by atoms with Crippen LogP contribution in [-0.4, -0.2) is 76.4 Å². The van der Waals surface area contributed by atoms with E-state index in [1.54, 1.807) is 91.0 Å². The Morgan fingerprint density at radius 1 is 0.397 bits per heavy atom. The summed E-state index contributed by atoms with van der Waals surface area (Å²) in [5.41, 5.74) is 0.878. The Morgan fingerprint density at radius 3 is 1.03 bits per heavy atom. The summed E-state index contributed by atoms with van der Waals surface area (Å²) in [7, 11) is -13.7. The highest BCUT2D eigenvalue weighted by atomic mass is 31.2. The zero-order chi connectivity index (χ0) is 47.4. The summed E-state index contributed by atoms with van der Waals surface area (Å²) in [6, 6.07) is 34.5. The molecule has 0 saturated carbocycles. The van der Waals surface area contributed by atoms with Crippen LogP contribution in [0, 0.1) is 0 Å². The standard InChI is InChI=1S/C44H39O21P3/c45-42-51-25-39(57-42)28-54-66(48,60-33-10-4-1-5-11-33)63-36-20-18-31(19-21-36)16-17-32-22-37(64-67(49,61-34-12-6-2-7-13-34)55-29-40-26-52-43(46)58-40)24-38(23-32)65-68(50,62-35-14-8-3-9-15-35)56-30-41-27-53-44(47)59-41/h1-24,39-41H,25-30H2/b17-16+. The third-order valence-electron chi connectivity index (χ3n) is 8.99. The van der Waals surface area contributed by atoms with Gasteiger partial charge in [-0.25, -0.2) is 28.1 Å². The summed E-state index contributed by atoms with van der Waals surface area (Å²) in [5.74, 6) is 0.101. The van der Waals surface area contributed by atoms with Gasteiger partial charge >= 0.3 is 41.9 Å². The van der Waals surface area contributed by atoms with Gasteiger partial charge in [-0.3, -0.25) is 13.6 Å². The molecule has 24 heteroatoms. The van der Waals surface area contributed by atoms with Crippen LogP contribution >= 0.6 is 23.5 Å². The number of carbonyl (C=O) groups excluding carboxylic acids is 3. The van der Waals surface area contributed by atoms with Crippen molar-refractivity contribution in [1.82, 2.24) is 0 Å². The molecule has 0 amide bonds. The third-order valence-corrected chi connectivity index (χ3v) is 13.0. The van der Waals surface area contributed by atoms with Gasteiger partial charge in [0.1, 0.15) is 74.1 Å². The summed E-state index contributed by atoms with van der Waals surface area (Å²) >= 11 is 0. The molecule has 8 rings (SSSR count). The number of phosphoric ester groups is 3. The third kappa shape index (κ3) is 14.0. The molecule has 0 spiro atoms. The lowest BCUT2D eigenvalue weighted by Gasteiger charge is -2.22. The molecule has 6 atom stereocenters. The molecule has 3 aliphatic rings. The maximum atomic E-state index is 14.4. The molecular formula is C44H39O21P3. The Labute approximate surface area is 387 Å². The first kappa shape index (κ1) is 47.5. The van der Waals surface area contributed by atoms with Crippen molar-refractivity contribution in [3.05, 3.63) is 145 Å². The summed E-state index contributed by atoms with van der Waals surface area (Å²) in [5, 5.41) is 0. The summed E-state index contributed by atoms with van der Waals surface area (Å²) in [6.45, 7) is -1.72. The number of phosphoric acid groups is 3. The van der Waals surface area contributed by atoms with Gasteiger partial charge in [-0.15, -0.1) is 0 Å². The lowest BCUT2D eigenvalue weighted by atomic mass is 10.1. The van der Waals surface area contributed by atoms with Crippen molar-refractivity contribution in [3.8, 4) is 34.5 Å². The van der Waals surface area contributed by atoms with Crippen molar-refractivity contribution in [2.24, 2.45) is 0 Å². The molecular weight excluding hydrogens is 957 g/mol. The van der Waals surface area contributed by atoms with Crippen LogP contribution in [0.25, 0.3) is 12.2 Å². The highest BCUT2D eigenvalue weighted by molar-refractivity contribution is 7.50. The molecule has 0 radical (unpaired) electrons. The second kappa shape index (κ2) is 21.8. The average molecular weight is 997 g/mol. The van der Waals surface area contributed by atoms with Crippen LogP contribution in [0.15, 0.2) is 133 Å². The number of para-hydroxylation sites is 3. The second-order valence-corrected chi connectivity index (χ2v) is 18.8. The van der Waals surface area contributed by atoms with Crippen LogP contribution in [-0.2, 0) is 55.7 Å². The lowest BCUT2D eigenvalue weighted by molar-refractivity contribution is 0.0876. The number of rotatable bonds is 23.